The lowest BCUT2D eigenvalue weighted by molar-refractivity contribution is -0.146. The number of nitrogens with one attached hydrogen (secondary N) is 1. The monoisotopic (exact) mass is 433 g/mol. The van der Waals surface area contributed by atoms with Crippen LogP contribution in [-0.4, -0.2) is 67.9 Å². The van der Waals surface area contributed by atoms with Gasteiger partial charge in [0.15, 0.2) is 0 Å². The van der Waals surface area contributed by atoms with Crippen molar-refractivity contribution >= 4 is 11.7 Å². The number of nitrogens with zero attached hydrogens (tertiary/aromatic N) is 3. The Balaban J connectivity index is 1.24. The number of hydrogen-bond donors (Lipinski definition) is 4. The Morgan fingerprint density at radius 1 is 1.00 bits per heavy atom. The van der Waals surface area contributed by atoms with Crippen LogP contribution < -0.4 is 5.73 Å². The van der Waals surface area contributed by atoms with E-state index in [4.69, 9.17) is 5.73 Å². The Labute approximate surface area is 186 Å². The second kappa shape index (κ2) is 8.05. The summed E-state index contributed by atoms with van der Waals surface area (Å²) in [6, 6.07) is 17.8. The van der Waals surface area contributed by atoms with Crippen LogP contribution in [0.4, 0.5) is 5.82 Å². The maximum absolute atomic E-state index is 12.3. The standard InChI is InChI=1S/C24H27N5O3/c25-21-15-20(26-27-21)19-3-1-2-18(14-19)16-4-6-17(7-5-16)22(30)28-10-12-29(13-11-28)23(31)24(32)8-9-24/h1-7,14-15,22,30,32H,8-13H2,(H3,25,26,27). The number of aliphatic hydroxyl groups is 2. The number of benzene rings is 2. The Morgan fingerprint density at radius 2 is 1.69 bits per heavy atom. The number of hydrogen-bond acceptors (Lipinski definition) is 6. The highest BCUT2D eigenvalue weighted by molar-refractivity contribution is 5.87. The van der Waals surface area contributed by atoms with Gasteiger partial charge < -0.3 is 20.8 Å². The molecule has 1 aliphatic heterocycles. The van der Waals surface area contributed by atoms with Crippen molar-refractivity contribution in [3.8, 4) is 22.4 Å². The quantitative estimate of drug-likeness (QED) is 0.489. The van der Waals surface area contributed by atoms with E-state index < -0.39 is 11.8 Å². The normalized spacial score (nSPS) is 19.0. The summed E-state index contributed by atoms with van der Waals surface area (Å²) in [6.45, 7) is 2.17. The lowest BCUT2D eigenvalue weighted by atomic mass is 10.00. The van der Waals surface area contributed by atoms with E-state index >= 15 is 0 Å². The highest BCUT2D eigenvalue weighted by Crippen LogP contribution is 2.37. The molecule has 8 nitrogen and oxygen atoms in total. The number of carbonyl (C=O) groups is 1. The fraction of sp³-hybridized carbons (Fsp3) is 0.333. The topological polar surface area (TPSA) is 119 Å². The number of amides is 1. The molecule has 8 heteroatoms. The van der Waals surface area contributed by atoms with E-state index in [-0.39, 0.29) is 5.91 Å². The second-order valence-corrected chi connectivity index (χ2v) is 8.64. The molecule has 0 spiro atoms. The molecule has 1 aliphatic carbocycles. The number of nitrogens with two attached hydrogens (primary N) is 1. The summed E-state index contributed by atoms with van der Waals surface area (Å²) >= 11 is 0. The molecule has 5 rings (SSSR count). The molecule has 2 heterocycles. The summed E-state index contributed by atoms with van der Waals surface area (Å²) in [6.07, 6.45) is 0.379. The molecule has 2 aromatic carbocycles. The molecule has 1 atom stereocenters. The molecular formula is C24H27N5O3. The van der Waals surface area contributed by atoms with Crippen molar-refractivity contribution < 1.29 is 15.0 Å². The zero-order valence-corrected chi connectivity index (χ0v) is 17.7. The molecule has 32 heavy (non-hydrogen) atoms. The Hall–Kier alpha value is -3.20. The van der Waals surface area contributed by atoms with Crippen molar-refractivity contribution in [3.05, 3.63) is 60.2 Å². The maximum atomic E-state index is 12.3. The summed E-state index contributed by atoms with van der Waals surface area (Å²) in [5.74, 6) is 0.286. The lowest BCUT2D eigenvalue weighted by Gasteiger charge is -2.38. The van der Waals surface area contributed by atoms with Crippen molar-refractivity contribution in [2.75, 3.05) is 31.9 Å². The molecule has 5 N–H and O–H groups in total. The zero-order chi connectivity index (χ0) is 22.3. The molecule has 0 bridgehead atoms. The number of aromatic amines is 1. The Morgan fingerprint density at radius 3 is 2.31 bits per heavy atom. The van der Waals surface area contributed by atoms with Gasteiger partial charge in [-0.3, -0.25) is 14.8 Å². The molecule has 1 aromatic heterocycles. The minimum Gasteiger partial charge on any atom is -0.382 e. The van der Waals surface area contributed by atoms with E-state index in [9.17, 15) is 15.0 Å². The number of anilines is 1. The number of aromatic nitrogens is 2. The smallest absolute Gasteiger partial charge is 0.254 e. The predicted molar refractivity (Wildman–Crippen MR) is 121 cm³/mol. The first-order chi connectivity index (χ1) is 15.4. The van der Waals surface area contributed by atoms with Crippen LogP contribution in [0.3, 0.4) is 0 Å². The fourth-order valence-corrected chi connectivity index (χ4v) is 4.21. The average Bonchev–Trinajstić information content (AvgIpc) is 3.44. The first-order valence-electron chi connectivity index (χ1n) is 10.9. The highest BCUT2D eigenvalue weighted by Gasteiger charge is 2.50. The van der Waals surface area contributed by atoms with Gasteiger partial charge in [0.25, 0.3) is 5.91 Å². The van der Waals surface area contributed by atoms with Gasteiger partial charge >= 0.3 is 0 Å². The van der Waals surface area contributed by atoms with Crippen molar-refractivity contribution in [3.63, 3.8) is 0 Å². The summed E-state index contributed by atoms with van der Waals surface area (Å²) in [5.41, 5.74) is 9.36. The van der Waals surface area contributed by atoms with E-state index in [1.807, 2.05) is 47.4 Å². The molecule has 3 aromatic rings. The first-order valence-corrected chi connectivity index (χ1v) is 10.9. The van der Waals surface area contributed by atoms with Crippen LogP contribution in [0.25, 0.3) is 22.4 Å². The van der Waals surface area contributed by atoms with Gasteiger partial charge in [0.05, 0.1) is 5.69 Å². The minimum absolute atomic E-state index is 0.170. The maximum Gasteiger partial charge on any atom is 0.254 e. The van der Waals surface area contributed by atoms with Crippen molar-refractivity contribution in [1.29, 1.82) is 0 Å². The van der Waals surface area contributed by atoms with Crippen LogP contribution in [0.1, 0.15) is 24.6 Å². The minimum atomic E-state index is -1.13. The van der Waals surface area contributed by atoms with Crippen LogP contribution in [-0.2, 0) is 4.79 Å². The van der Waals surface area contributed by atoms with Gasteiger partial charge in [-0.15, -0.1) is 0 Å². The predicted octanol–water partition coefficient (Wildman–Crippen LogP) is 1.99. The van der Waals surface area contributed by atoms with Crippen molar-refractivity contribution in [2.45, 2.75) is 24.7 Å². The van der Waals surface area contributed by atoms with Gasteiger partial charge in [-0.05, 0) is 35.6 Å². The van der Waals surface area contributed by atoms with Gasteiger partial charge in [0.2, 0.25) is 0 Å². The molecule has 1 saturated carbocycles. The Kier molecular flexibility index (Phi) is 5.21. The zero-order valence-electron chi connectivity index (χ0n) is 17.7. The van der Waals surface area contributed by atoms with E-state index in [1.165, 1.54) is 0 Å². The fourth-order valence-electron chi connectivity index (χ4n) is 4.21. The largest absolute Gasteiger partial charge is 0.382 e. The number of aliphatic hydroxyl groups excluding tert-OH is 1. The van der Waals surface area contributed by atoms with Crippen molar-refractivity contribution in [1.82, 2.24) is 20.0 Å². The van der Waals surface area contributed by atoms with E-state index in [2.05, 4.69) is 16.3 Å². The molecule has 1 unspecified atom stereocenters. The van der Waals surface area contributed by atoms with E-state index in [0.29, 0.717) is 44.8 Å². The van der Waals surface area contributed by atoms with Crippen molar-refractivity contribution in [2.24, 2.45) is 0 Å². The molecule has 2 fully saturated rings. The third-order valence-electron chi connectivity index (χ3n) is 6.38. The molecule has 2 aliphatic rings. The van der Waals surface area contributed by atoms with E-state index in [0.717, 1.165) is 27.9 Å². The third kappa shape index (κ3) is 4.00. The SMILES string of the molecule is Nc1cc(-c2cccc(-c3ccc(C(O)N4CCN(C(=O)C5(O)CC5)CC4)cc3)c2)[nH]n1. The molecular weight excluding hydrogens is 406 g/mol. The molecule has 166 valence electrons. The number of rotatable bonds is 5. The van der Waals surface area contributed by atoms with Crippen LogP contribution >= 0.6 is 0 Å². The molecule has 1 saturated heterocycles. The Bertz CT molecular complexity index is 1110. The number of H-pyrrole nitrogens is 1. The summed E-state index contributed by atoms with van der Waals surface area (Å²) in [5, 5.41) is 27.8. The van der Waals surface area contributed by atoms with E-state index in [1.54, 1.807) is 11.0 Å². The summed E-state index contributed by atoms with van der Waals surface area (Å²) in [7, 11) is 0. The molecule has 1 amide bonds. The second-order valence-electron chi connectivity index (χ2n) is 8.64. The van der Waals surface area contributed by atoms with Gasteiger partial charge in [-0.1, -0.05) is 42.5 Å². The third-order valence-corrected chi connectivity index (χ3v) is 6.38. The van der Waals surface area contributed by atoms with Crippen LogP contribution in [0, 0.1) is 0 Å². The van der Waals surface area contributed by atoms with Gasteiger partial charge in [-0.2, -0.15) is 5.10 Å². The lowest BCUT2D eigenvalue weighted by Crippen LogP contribution is -2.52. The summed E-state index contributed by atoms with van der Waals surface area (Å²) < 4.78 is 0. The average molecular weight is 434 g/mol. The van der Waals surface area contributed by atoms with Gasteiger partial charge in [-0.25, -0.2) is 0 Å². The number of carbonyl (C=O) groups excluding carboxylic acids is 1. The number of piperazine rings is 1. The van der Waals surface area contributed by atoms with Crippen LogP contribution in [0.5, 0.6) is 0 Å². The van der Waals surface area contributed by atoms with Crippen LogP contribution in [0.2, 0.25) is 0 Å². The number of nitrogen functional groups attached to an aromatic ring is 1. The van der Waals surface area contributed by atoms with Gasteiger partial charge in [0.1, 0.15) is 17.6 Å². The molecule has 0 radical (unpaired) electrons. The van der Waals surface area contributed by atoms with Crippen LogP contribution in [0.15, 0.2) is 54.6 Å². The summed E-state index contributed by atoms with van der Waals surface area (Å²) in [4.78, 5) is 16.0. The first kappa shape index (κ1) is 20.7. The highest BCUT2D eigenvalue weighted by atomic mass is 16.3. The van der Waals surface area contributed by atoms with Gasteiger partial charge in [0, 0.05) is 37.8 Å².